The van der Waals surface area contributed by atoms with E-state index in [-0.39, 0.29) is 35.5 Å². The molecule has 3 atom stereocenters. The van der Waals surface area contributed by atoms with Crippen molar-refractivity contribution in [1.29, 1.82) is 0 Å². The van der Waals surface area contributed by atoms with E-state index in [0.29, 0.717) is 32.0 Å². The molecule has 22 heavy (non-hydrogen) atoms. The molecule has 0 radical (unpaired) electrons. The quantitative estimate of drug-likeness (QED) is 0.773. The number of ketones is 1. The standard InChI is InChI=1S/C17H26N2O3/c1-11(2)16(21)18-5-7-19(8-6-18)17(22)14-9-12-3-4-13(10-14)15(12)20/h11-14H,3-10H2,1-2H3/t12-,13+,14?. The molecular weight excluding hydrogens is 280 g/mol. The Labute approximate surface area is 132 Å². The zero-order valence-electron chi connectivity index (χ0n) is 13.6. The van der Waals surface area contributed by atoms with Gasteiger partial charge in [-0.25, -0.2) is 0 Å². The molecule has 5 heteroatoms. The number of hydrogen-bond donors (Lipinski definition) is 0. The average Bonchev–Trinajstić information content (AvgIpc) is 2.75. The molecule has 2 amide bonds. The number of amides is 2. The van der Waals surface area contributed by atoms with E-state index in [9.17, 15) is 14.4 Å². The van der Waals surface area contributed by atoms with Crippen LogP contribution in [-0.2, 0) is 14.4 Å². The summed E-state index contributed by atoms with van der Waals surface area (Å²) in [5, 5.41) is 0. The molecule has 2 aliphatic carbocycles. The van der Waals surface area contributed by atoms with E-state index in [0.717, 1.165) is 25.7 Å². The molecule has 0 aromatic carbocycles. The molecule has 122 valence electrons. The maximum atomic E-state index is 12.7. The molecule has 2 bridgehead atoms. The fraction of sp³-hybridized carbons (Fsp3) is 0.824. The van der Waals surface area contributed by atoms with Crippen molar-refractivity contribution in [2.75, 3.05) is 26.2 Å². The van der Waals surface area contributed by atoms with Crippen molar-refractivity contribution in [3.8, 4) is 0 Å². The third kappa shape index (κ3) is 2.77. The summed E-state index contributed by atoms with van der Waals surface area (Å²) >= 11 is 0. The number of rotatable bonds is 2. The van der Waals surface area contributed by atoms with Gasteiger partial charge < -0.3 is 9.80 Å². The molecular formula is C17H26N2O3. The molecule has 0 N–H and O–H groups in total. The number of fused-ring (bicyclic) bond motifs is 2. The number of carbonyl (C=O) groups is 3. The minimum atomic E-state index is 0.0160. The molecule has 3 rings (SSSR count). The summed E-state index contributed by atoms with van der Waals surface area (Å²) in [6.45, 7) is 6.38. The van der Waals surface area contributed by atoms with Crippen LogP contribution in [0.1, 0.15) is 39.5 Å². The van der Waals surface area contributed by atoms with Crippen LogP contribution in [0.15, 0.2) is 0 Å². The SMILES string of the molecule is CC(C)C(=O)N1CCN(C(=O)C2C[C@H]3CC[C@@H](C2)C3=O)CC1. The normalized spacial score (nSPS) is 31.8. The lowest BCUT2D eigenvalue weighted by Crippen LogP contribution is -2.53. The first kappa shape index (κ1) is 15.5. The van der Waals surface area contributed by atoms with Crippen LogP contribution in [0.25, 0.3) is 0 Å². The van der Waals surface area contributed by atoms with Crippen LogP contribution in [0.5, 0.6) is 0 Å². The van der Waals surface area contributed by atoms with Crippen LogP contribution in [-0.4, -0.2) is 53.6 Å². The molecule has 5 nitrogen and oxygen atoms in total. The Balaban J connectivity index is 1.54. The highest BCUT2D eigenvalue weighted by Crippen LogP contribution is 2.42. The Kier molecular flexibility index (Phi) is 4.24. The van der Waals surface area contributed by atoms with Gasteiger partial charge in [0.05, 0.1) is 0 Å². The molecule has 1 unspecified atom stereocenters. The number of carbonyl (C=O) groups excluding carboxylic acids is 3. The summed E-state index contributed by atoms with van der Waals surface area (Å²) < 4.78 is 0. The van der Waals surface area contributed by atoms with Gasteiger partial charge >= 0.3 is 0 Å². The summed E-state index contributed by atoms with van der Waals surface area (Å²) in [4.78, 5) is 40.4. The first-order chi connectivity index (χ1) is 10.5. The minimum absolute atomic E-state index is 0.0160. The second-order valence-electron chi connectivity index (χ2n) is 7.35. The highest BCUT2D eigenvalue weighted by atomic mass is 16.2. The van der Waals surface area contributed by atoms with Gasteiger partial charge in [0.25, 0.3) is 0 Å². The summed E-state index contributed by atoms with van der Waals surface area (Å²) in [6.07, 6.45) is 3.45. The molecule has 2 saturated carbocycles. The first-order valence-electron chi connectivity index (χ1n) is 8.58. The molecule has 3 aliphatic rings. The smallest absolute Gasteiger partial charge is 0.225 e. The van der Waals surface area contributed by atoms with Gasteiger partial charge in [-0.2, -0.15) is 0 Å². The third-order valence-electron chi connectivity index (χ3n) is 5.55. The maximum Gasteiger partial charge on any atom is 0.225 e. The van der Waals surface area contributed by atoms with Gasteiger partial charge in [-0.05, 0) is 25.7 Å². The lowest BCUT2D eigenvalue weighted by atomic mass is 9.79. The zero-order chi connectivity index (χ0) is 15.9. The number of nitrogens with zero attached hydrogens (tertiary/aromatic N) is 2. The van der Waals surface area contributed by atoms with Crippen LogP contribution in [0.3, 0.4) is 0 Å². The molecule has 3 fully saturated rings. The van der Waals surface area contributed by atoms with Crippen LogP contribution in [0.4, 0.5) is 0 Å². The van der Waals surface area contributed by atoms with Crippen molar-refractivity contribution in [2.24, 2.45) is 23.7 Å². The Morgan fingerprint density at radius 3 is 1.95 bits per heavy atom. The first-order valence-corrected chi connectivity index (χ1v) is 8.58. The zero-order valence-corrected chi connectivity index (χ0v) is 13.6. The van der Waals surface area contributed by atoms with Crippen molar-refractivity contribution in [1.82, 2.24) is 9.80 Å². The van der Waals surface area contributed by atoms with Crippen molar-refractivity contribution < 1.29 is 14.4 Å². The second kappa shape index (κ2) is 6.01. The number of piperazine rings is 1. The van der Waals surface area contributed by atoms with Gasteiger partial charge in [0.15, 0.2) is 0 Å². The monoisotopic (exact) mass is 306 g/mol. The van der Waals surface area contributed by atoms with Gasteiger partial charge in [-0.3, -0.25) is 14.4 Å². The predicted molar refractivity (Wildman–Crippen MR) is 81.9 cm³/mol. The van der Waals surface area contributed by atoms with E-state index >= 15 is 0 Å². The van der Waals surface area contributed by atoms with E-state index < -0.39 is 0 Å². The Bertz CT molecular complexity index is 464. The predicted octanol–water partition coefficient (Wildman–Crippen LogP) is 1.32. The summed E-state index contributed by atoms with van der Waals surface area (Å²) in [6, 6.07) is 0. The minimum Gasteiger partial charge on any atom is -0.339 e. The van der Waals surface area contributed by atoms with Gasteiger partial charge in [0.2, 0.25) is 11.8 Å². The molecule has 0 aromatic heterocycles. The topological polar surface area (TPSA) is 57.7 Å². The van der Waals surface area contributed by atoms with Gasteiger partial charge in [-0.15, -0.1) is 0 Å². The van der Waals surface area contributed by atoms with Gasteiger partial charge in [0.1, 0.15) is 5.78 Å². The number of hydrogen-bond acceptors (Lipinski definition) is 3. The summed E-state index contributed by atoms with van der Waals surface area (Å²) in [5.41, 5.74) is 0. The highest BCUT2D eigenvalue weighted by molar-refractivity contribution is 5.89. The lowest BCUT2D eigenvalue weighted by molar-refractivity contribution is -0.145. The average molecular weight is 306 g/mol. The third-order valence-corrected chi connectivity index (χ3v) is 5.55. The summed E-state index contributed by atoms with van der Waals surface area (Å²) in [5.74, 6) is 1.10. The van der Waals surface area contributed by atoms with Crippen LogP contribution < -0.4 is 0 Å². The fourth-order valence-corrected chi connectivity index (χ4v) is 4.24. The summed E-state index contributed by atoms with van der Waals surface area (Å²) in [7, 11) is 0. The van der Waals surface area contributed by atoms with Crippen molar-refractivity contribution >= 4 is 17.6 Å². The van der Waals surface area contributed by atoms with Crippen LogP contribution in [0, 0.1) is 23.7 Å². The largest absolute Gasteiger partial charge is 0.339 e. The van der Waals surface area contributed by atoms with Gasteiger partial charge in [-0.1, -0.05) is 13.8 Å². The van der Waals surface area contributed by atoms with Crippen molar-refractivity contribution in [3.63, 3.8) is 0 Å². The van der Waals surface area contributed by atoms with Crippen molar-refractivity contribution in [3.05, 3.63) is 0 Å². The van der Waals surface area contributed by atoms with E-state index in [4.69, 9.17) is 0 Å². The Morgan fingerprint density at radius 1 is 0.955 bits per heavy atom. The number of Topliss-reactive ketones (excluding diaryl/α,β-unsaturated/α-hetero) is 1. The molecule has 0 aromatic rings. The van der Waals surface area contributed by atoms with E-state index in [1.54, 1.807) is 0 Å². The van der Waals surface area contributed by atoms with Gasteiger partial charge in [0, 0.05) is 49.9 Å². The molecule has 0 spiro atoms. The maximum absolute atomic E-state index is 12.7. The van der Waals surface area contributed by atoms with E-state index in [2.05, 4.69) is 0 Å². The van der Waals surface area contributed by atoms with Crippen LogP contribution >= 0.6 is 0 Å². The Morgan fingerprint density at radius 2 is 1.45 bits per heavy atom. The van der Waals surface area contributed by atoms with Crippen LogP contribution in [0.2, 0.25) is 0 Å². The lowest BCUT2D eigenvalue weighted by Gasteiger charge is -2.38. The Hall–Kier alpha value is -1.39. The molecule has 1 saturated heterocycles. The molecule has 1 aliphatic heterocycles. The van der Waals surface area contributed by atoms with E-state index in [1.807, 2.05) is 23.6 Å². The van der Waals surface area contributed by atoms with E-state index in [1.165, 1.54) is 0 Å². The van der Waals surface area contributed by atoms with Crippen molar-refractivity contribution in [2.45, 2.75) is 39.5 Å². The highest BCUT2D eigenvalue weighted by Gasteiger charge is 2.44. The molecule has 1 heterocycles. The second-order valence-corrected chi connectivity index (χ2v) is 7.35. The fourth-order valence-electron chi connectivity index (χ4n) is 4.24.